The van der Waals surface area contributed by atoms with E-state index in [0.717, 1.165) is 41.1 Å². The molecule has 4 rings (SSSR count). The van der Waals surface area contributed by atoms with E-state index in [-0.39, 0.29) is 16.6 Å². The Balaban J connectivity index is 1.75. The van der Waals surface area contributed by atoms with Crippen LogP contribution in [0.3, 0.4) is 0 Å². The highest BCUT2D eigenvalue weighted by Gasteiger charge is 2.24. The number of aryl methyl sites for hydroxylation is 4. The first-order chi connectivity index (χ1) is 19.1. The number of hydrogen-bond acceptors (Lipinski definition) is 6. The Morgan fingerprint density at radius 1 is 1.02 bits per heavy atom. The molecular formula is C30H37N5O4S. The summed E-state index contributed by atoms with van der Waals surface area (Å²) in [6.45, 7) is 10.1. The quantitative estimate of drug-likeness (QED) is 0.251. The Bertz CT molecular complexity index is 1640. The third kappa shape index (κ3) is 5.67. The number of carbonyl (C=O) groups excluding carboxylic acids is 1. The first-order valence-corrected chi connectivity index (χ1v) is 15.1. The number of imidazole rings is 1. The van der Waals surface area contributed by atoms with Gasteiger partial charge in [-0.2, -0.15) is 0 Å². The van der Waals surface area contributed by atoms with E-state index in [0.29, 0.717) is 42.0 Å². The molecule has 2 heterocycles. The van der Waals surface area contributed by atoms with Gasteiger partial charge in [-0.3, -0.25) is 9.52 Å². The highest BCUT2D eigenvalue weighted by molar-refractivity contribution is 7.92. The van der Waals surface area contributed by atoms with E-state index in [1.165, 1.54) is 0 Å². The lowest BCUT2D eigenvalue weighted by Crippen LogP contribution is -2.24. The number of hydrogen-bond donors (Lipinski definition) is 2. The monoisotopic (exact) mass is 563 g/mol. The van der Waals surface area contributed by atoms with Crippen molar-refractivity contribution in [3.63, 3.8) is 0 Å². The van der Waals surface area contributed by atoms with Crippen molar-refractivity contribution < 1.29 is 17.7 Å². The summed E-state index contributed by atoms with van der Waals surface area (Å²) in [5.74, 6) is 1.48. The fraction of sp³-hybridized carbons (Fsp3) is 0.367. The predicted octanol–water partition coefficient (Wildman–Crippen LogP) is 5.44. The molecule has 2 aromatic carbocycles. The van der Waals surface area contributed by atoms with Gasteiger partial charge in [-0.1, -0.05) is 62.3 Å². The number of nitrogens with zero attached hydrogens (tertiary/aromatic N) is 3. The van der Waals surface area contributed by atoms with Crippen LogP contribution in [-0.2, 0) is 35.8 Å². The Labute approximate surface area is 236 Å². The second-order valence-electron chi connectivity index (χ2n) is 9.75. The van der Waals surface area contributed by atoms with Gasteiger partial charge >= 0.3 is 0 Å². The summed E-state index contributed by atoms with van der Waals surface area (Å²) < 4.78 is 36.7. The van der Waals surface area contributed by atoms with Crippen molar-refractivity contribution in [3.8, 4) is 11.1 Å². The highest BCUT2D eigenvalue weighted by atomic mass is 32.2. The molecule has 0 bridgehead atoms. The van der Waals surface area contributed by atoms with Crippen LogP contribution < -0.4 is 10.0 Å². The molecule has 0 aliphatic heterocycles. The summed E-state index contributed by atoms with van der Waals surface area (Å²) in [6, 6.07) is 13.0. The fourth-order valence-electron chi connectivity index (χ4n) is 4.86. The molecule has 0 spiro atoms. The van der Waals surface area contributed by atoms with Gasteiger partial charge in [0.2, 0.25) is 0 Å². The molecule has 212 valence electrons. The van der Waals surface area contributed by atoms with Gasteiger partial charge in [0.15, 0.2) is 5.82 Å². The van der Waals surface area contributed by atoms with Crippen molar-refractivity contribution in [1.82, 2.24) is 20.0 Å². The van der Waals surface area contributed by atoms with Crippen molar-refractivity contribution in [2.75, 3.05) is 11.8 Å². The van der Waals surface area contributed by atoms with E-state index >= 15 is 0 Å². The molecular weight excluding hydrogens is 526 g/mol. The fourth-order valence-corrected chi connectivity index (χ4v) is 6.14. The van der Waals surface area contributed by atoms with Crippen molar-refractivity contribution >= 4 is 21.7 Å². The molecule has 0 aliphatic rings. The number of nitrogens with one attached hydrogen (secondary N) is 2. The van der Waals surface area contributed by atoms with Gasteiger partial charge in [0.05, 0.1) is 10.6 Å². The minimum atomic E-state index is -3.94. The van der Waals surface area contributed by atoms with Crippen LogP contribution >= 0.6 is 0 Å². The molecule has 0 saturated heterocycles. The van der Waals surface area contributed by atoms with Gasteiger partial charge in [-0.25, -0.2) is 13.4 Å². The lowest BCUT2D eigenvalue weighted by molar-refractivity contribution is 0.0953. The molecule has 0 fully saturated rings. The molecule has 4 aromatic rings. The average molecular weight is 564 g/mol. The van der Waals surface area contributed by atoms with Gasteiger partial charge < -0.3 is 14.4 Å². The number of amides is 1. The van der Waals surface area contributed by atoms with Crippen LogP contribution in [0.15, 0.2) is 51.9 Å². The second-order valence-corrected chi connectivity index (χ2v) is 11.4. The molecule has 0 saturated carbocycles. The summed E-state index contributed by atoms with van der Waals surface area (Å²) in [5, 5.41) is 6.63. The van der Waals surface area contributed by atoms with Gasteiger partial charge in [0.25, 0.3) is 15.9 Å². The normalized spacial score (nSPS) is 11.6. The van der Waals surface area contributed by atoms with Gasteiger partial charge in [-0.15, -0.1) is 0 Å². The van der Waals surface area contributed by atoms with Crippen LogP contribution in [0.1, 0.15) is 71.6 Å². The third-order valence-electron chi connectivity index (χ3n) is 7.12. The number of sulfonamides is 1. The Morgan fingerprint density at radius 3 is 2.40 bits per heavy atom. The maximum absolute atomic E-state index is 13.5. The van der Waals surface area contributed by atoms with Crippen LogP contribution in [0.5, 0.6) is 0 Å². The number of aromatic nitrogens is 3. The molecule has 2 aromatic heterocycles. The predicted molar refractivity (Wildman–Crippen MR) is 156 cm³/mol. The Hall–Kier alpha value is -3.92. The number of benzene rings is 2. The smallest absolute Gasteiger partial charge is 0.269 e. The van der Waals surface area contributed by atoms with E-state index in [9.17, 15) is 13.2 Å². The van der Waals surface area contributed by atoms with Gasteiger partial charge in [-0.05, 0) is 55.9 Å². The lowest BCUT2D eigenvalue weighted by Gasteiger charge is -2.17. The first-order valence-electron chi connectivity index (χ1n) is 13.6. The lowest BCUT2D eigenvalue weighted by atomic mass is 9.96. The highest BCUT2D eigenvalue weighted by Crippen LogP contribution is 2.33. The maximum atomic E-state index is 13.5. The molecule has 1 amide bonds. The molecule has 2 N–H and O–H groups in total. The van der Waals surface area contributed by atoms with Crippen molar-refractivity contribution in [2.24, 2.45) is 0 Å². The van der Waals surface area contributed by atoms with Crippen LogP contribution in [0.2, 0.25) is 0 Å². The van der Waals surface area contributed by atoms with E-state index in [1.54, 1.807) is 33.0 Å². The van der Waals surface area contributed by atoms with E-state index in [2.05, 4.69) is 28.2 Å². The van der Waals surface area contributed by atoms with E-state index in [4.69, 9.17) is 9.51 Å². The van der Waals surface area contributed by atoms with Crippen molar-refractivity contribution in [1.29, 1.82) is 0 Å². The molecule has 0 atom stereocenters. The zero-order chi connectivity index (χ0) is 29.0. The largest absolute Gasteiger partial charge is 0.359 e. The summed E-state index contributed by atoms with van der Waals surface area (Å²) in [4.78, 5) is 17.8. The molecule has 0 unspecified atom stereocenters. The average Bonchev–Trinajstić information content (AvgIpc) is 3.46. The van der Waals surface area contributed by atoms with Crippen molar-refractivity contribution in [2.45, 2.75) is 71.7 Å². The number of carbonyl (C=O) groups is 1. The third-order valence-corrected chi connectivity index (χ3v) is 8.51. The maximum Gasteiger partial charge on any atom is 0.269 e. The van der Waals surface area contributed by atoms with Crippen LogP contribution in [0, 0.1) is 13.8 Å². The summed E-state index contributed by atoms with van der Waals surface area (Å²) >= 11 is 0. The van der Waals surface area contributed by atoms with Crippen LogP contribution in [-0.4, -0.2) is 36.1 Å². The second kappa shape index (κ2) is 12.1. The SMILES string of the molecule is CCCc1nc(CC)c(C(=O)NC)n1Cc1ccc(-c2ccccc2S(=O)(=O)Nc2noc(C)c2C)c(CC)c1. The minimum Gasteiger partial charge on any atom is -0.359 e. The zero-order valence-corrected chi connectivity index (χ0v) is 24.8. The van der Waals surface area contributed by atoms with E-state index in [1.807, 2.05) is 42.7 Å². The van der Waals surface area contributed by atoms with Crippen LogP contribution in [0.25, 0.3) is 11.1 Å². The molecule has 10 heteroatoms. The Morgan fingerprint density at radius 2 is 1.77 bits per heavy atom. The Kier molecular flexibility index (Phi) is 8.78. The van der Waals surface area contributed by atoms with Crippen molar-refractivity contribution in [3.05, 3.63) is 82.1 Å². The minimum absolute atomic E-state index is 0.150. The summed E-state index contributed by atoms with van der Waals surface area (Å²) in [5.41, 5.74) is 5.48. The molecule has 40 heavy (non-hydrogen) atoms. The molecule has 9 nitrogen and oxygen atoms in total. The summed E-state index contributed by atoms with van der Waals surface area (Å²) in [6.07, 6.45) is 3.05. The zero-order valence-electron chi connectivity index (χ0n) is 24.0. The van der Waals surface area contributed by atoms with Crippen LogP contribution in [0.4, 0.5) is 5.82 Å². The molecule has 0 radical (unpaired) electrons. The first kappa shape index (κ1) is 29.1. The standard InChI is InChI=1S/C30H37N5O4S/c1-7-12-27-32-25(9-3)28(30(36)31-6)35(27)18-21-15-16-23(22(8-2)17-21)24-13-10-11-14-26(24)40(37,38)34-29-19(4)20(5)39-33-29/h10-11,13-17H,7-9,12,18H2,1-6H3,(H,31,36)(H,33,34). The number of rotatable bonds is 11. The summed E-state index contributed by atoms with van der Waals surface area (Å²) in [7, 11) is -2.31. The topological polar surface area (TPSA) is 119 Å². The molecule has 0 aliphatic carbocycles. The van der Waals surface area contributed by atoms with E-state index < -0.39 is 10.0 Å². The number of anilines is 1. The van der Waals surface area contributed by atoms with Gasteiger partial charge in [0, 0.05) is 31.1 Å². The van der Waals surface area contributed by atoms with Gasteiger partial charge in [0.1, 0.15) is 17.3 Å².